The minimum absolute atomic E-state index is 0.633. The standard InChI is InChI=1S/C13H11N3OS/c1-17-10-6-4-9(5-7-10)16-11-3-2-8-14-12(11)15-13(16)18/h2-8H,1H3,(H,14,15,18). The molecule has 1 N–H and O–H groups in total. The zero-order valence-corrected chi connectivity index (χ0v) is 10.6. The summed E-state index contributed by atoms with van der Waals surface area (Å²) in [6.45, 7) is 0. The van der Waals surface area contributed by atoms with Gasteiger partial charge < -0.3 is 9.72 Å². The van der Waals surface area contributed by atoms with Crippen molar-refractivity contribution in [3.63, 3.8) is 0 Å². The summed E-state index contributed by atoms with van der Waals surface area (Å²) in [5.74, 6) is 0.822. The summed E-state index contributed by atoms with van der Waals surface area (Å²) in [4.78, 5) is 7.34. The highest BCUT2D eigenvalue weighted by Crippen LogP contribution is 2.20. The van der Waals surface area contributed by atoms with Gasteiger partial charge in [-0.1, -0.05) is 0 Å². The van der Waals surface area contributed by atoms with E-state index in [4.69, 9.17) is 17.0 Å². The number of nitrogens with zero attached hydrogens (tertiary/aromatic N) is 2. The number of ether oxygens (including phenoxy) is 1. The van der Waals surface area contributed by atoms with Crippen LogP contribution in [0.4, 0.5) is 0 Å². The molecule has 3 rings (SSSR count). The number of H-pyrrole nitrogens is 1. The second-order valence-electron chi connectivity index (χ2n) is 3.83. The van der Waals surface area contributed by atoms with Crippen LogP contribution in [0.5, 0.6) is 5.75 Å². The number of nitrogens with one attached hydrogen (secondary N) is 1. The fourth-order valence-corrected chi connectivity index (χ4v) is 2.23. The lowest BCUT2D eigenvalue weighted by Crippen LogP contribution is -1.94. The number of methoxy groups -OCH3 is 1. The predicted molar refractivity (Wildman–Crippen MR) is 72.8 cm³/mol. The molecule has 0 fully saturated rings. The van der Waals surface area contributed by atoms with Gasteiger partial charge in [-0.3, -0.25) is 4.57 Å². The van der Waals surface area contributed by atoms with Crippen molar-refractivity contribution in [3.8, 4) is 11.4 Å². The molecule has 2 heterocycles. The van der Waals surface area contributed by atoms with Crippen molar-refractivity contribution in [1.29, 1.82) is 0 Å². The molecule has 0 aliphatic rings. The van der Waals surface area contributed by atoms with Crippen molar-refractivity contribution < 1.29 is 4.74 Å². The number of fused-ring (bicyclic) bond motifs is 1. The average Bonchev–Trinajstić information content (AvgIpc) is 2.75. The van der Waals surface area contributed by atoms with Crippen molar-refractivity contribution in [3.05, 3.63) is 47.4 Å². The van der Waals surface area contributed by atoms with Gasteiger partial charge in [-0.25, -0.2) is 4.98 Å². The average molecular weight is 257 g/mol. The maximum atomic E-state index is 5.33. The summed E-state index contributed by atoms with van der Waals surface area (Å²) in [5.41, 5.74) is 2.74. The first-order chi connectivity index (χ1) is 8.79. The van der Waals surface area contributed by atoms with Crippen LogP contribution in [0.25, 0.3) is 16.9 Å². The summed E-state index contributed by atoms with van der Waals surface area (Å²) in [6, 6.07) is 11.6. The number of hydrogen-bond donors (Lipinski definition) is 1. The largest absolute Gasteiger partial charge is 0.497 e. The van der Waals surface area contributed by atoms with Crippen molar-refractivity contribution in [2.45, 2.75) is 0 Å². The van der Waals surface area contributed by atoms with Crippen LogP contribution in [-0.4, -0.2) is 21.6 Å². The molecule has 0 unspecified atom stereocenters. The molecule has 0 aliphatic heterocycles. The van der Waals surface area contributed by atoms with Crippen LogP contribution in [0.15, 0.2) is 42.6 Å². The topological polar surface area (TPSA) is 42.8 Å². The van der Waals surface area contributed by atoms with E-state index in [1.807, 2.05) is 41.0 Å². The number of benzene rings is 1. The normalized spacial score (nSPS) is 10.7. The maximum Gasteiger partial charge on any atom is 0.183 e. The van der Waals surface area contributed by atoms with Gasteiger partial charge in [0.05, 0.1) is 12.6 Å². The van der Waals surface area contributed by atoms with Crippen molar-refractivity contribution >= 4 is 23.4 Å². The lowest BCUT2D eigenvalue weighted by molar-refractivity contribution is 0.415. The number of imidazole rings is 1. The number of pyridine rings is 1. The first kappa shape index (κ1) is 11.0. The molecule has 0 aliphatic carbocycles. The molecule has 5 heteroatoms. The van der Waals surface area contributed by atoms with E-state index in [2.05, 4.69) is 9.97 Å². The summed E-state index contributed by atoms with van der Waals surface area (Å²) in [5, 5.41) is 0. The zero-order chi connectivity index (χ0) is 12.5. The van der Waals surface area contributed by atoms with E-state index < -0.39 is 0 Å². The van der Waals surface area contributed by atoms with Gasteiger partial charge in [0.2, 0.25) is 0 Å². The van der Waals surface area contributed by atoms with E-state index in [1.54, 1.807) is 13.3 Å². The first-order valence-corrected chi connectivity index (χ1v) is 5.90. The van der Waals surface area contributed by atoms with Gasteiger partial charge >= 0.3 is 0 Å². The van der Waals surface area contributed by atoms with Gasteiger partial charge in [-0.2, -0.15) is 0 Å². The van der Waals surface area contributed by atoms with Crippen LogP contribution < -0.4 is 4.74 Å². The van der Waals surface area contributed by atoms with Crippen LogP contribution in [0.3, 0.4) is 0 Å². The molecule has 3 aromatic rings. The molecule has 0 amide bonds. The van der Waals surface area contributed by atoms with E-state index >= 15 is 0 Å². The van der Waals surface area contributed by atoms with E-state index in [9.17, 15) is 0 Å². The van der Waals surface area contributed by atoms with E-state index in [1.165, 1.54) is 0 Å². The maximum absolute atomic E-state index is 5.33. The molecule has 18 heavy (non-hydrogen) atoms. The van der Waals surface area contributed by atoms with Gasteiger partial charge in [0.15, 0.2) is 10.4 Å². The van der Waals surface area contributed by atoms with Gasteiger partial charge in [0.25, 0.3) is 0 Å². The third kappa shape index (κ3) is 1.69. The highest BCUT2D eigenvalue weighted by molar-refractivity contribution is 7.71. The second-order valence-corrected chi connectivity index (χ2v) is 4.22. The molecule has 4 nitrogen and oxygen atoms in total. The Morgan fingerprint density at radius 1 is 1.22 bits per heavy atom. The fourth-order valence-electron chi connectivity index (χ4n) is 1.93. The first-order valence-electron chi connectivity index (χ1n) is 5.50. The van der Waals surface area contributed by atoms with Gasteiger partial charge in [0, 0.05) is 11.9 Å². The smallest absolute Gasteiger partial charge is 0.183 e. The van der Waals surface area contributed by atoms with Crippen LogP contribution in [0.2, 0.25) is 0 Å². The molecule has 90 valence electrons. The Bertz CT molecular complexity index is 743. The minimum Gasteiger partial charge on any atom is -0.497 e. The summed E-state index contributed by atoms with van der Waals surface area (Å²) < 4.78 is 7.74. The van der Waals surface area contributed by atoms with Crippen LogP contribution >= 0.6 is 12.2 Å². The molecular formula is C13H11N3OS. The lowest BCUT2D eigenvalue weighted by atomic mass is 10.3. The number of hydrogen-bond acceptors (Lipinski definition) is 3. The SMILES string of the molecule is COc1ccc(-n2c(=S)[nH]c3ncccc32)cc1. The van der Waals surface area contributed by atoms with E-state index in [0.29, 0.717) is 4.77 Å². The summed E-state index contributed by atoms with van der Waals surface area (Å²) in [7, 11) is 1.65. The van der Waals surface area contributed by atoms with E-state index in [0.717, 1.165) is 22.6 Å². The third-order valence-corrected chi connectivity index (χ3v) is 3.07. The number of aromatic nitrogens is 3. The molecule has 0 saturated heterocycles. The van der Waals surface area contributed by atoms with Gasteiger partial charge in [-0.15, -0.1) is 0 Å². The summed E-state index contributed by atoms with van der Waals surface area (Å²) in [6.07, 6.45) is 1.74. The quantitative estimate of drug-likeness (QED) is 0.717. The van der Waals surface area contributed by atoms with Crippen molar-refractivity contribution in [2.24, 2.45) is 0 Å². The minimum atomic E-state index is 0.633. The predicted octanol–water partition coefficient (Wildman–Crippen LogP) is 3.09. The second kappa shape index (κ2) is 4.27. The molecule has 0 atom stereocenters. The molecule has 0 spiro atoms. The van der Waals surface area contributed by atoms with Gasteiger partial charge in [0.1, 0.15) is 5.75 Å². The highest BCUT2D eigenvalue weighted by atomic mass is 32.1. The van der Waals surface area contributed by atoms with Crippen molar-refractivity contribution in [1.82, 2.24) is 14.5 Å². The Hall–Kier alpha value is -2.14. The van der Waals surface area contributed by atoms with Gasteiger partial charge in [-0.05, 0) is 48.6 Å². The summed E-state index contributed by atoms with van der Waals surface area (Å²) >= 11 is 5.33. The van der Waals surface area contributed by atoms with Crippen molar-refractivity contribution in [2.75, 3.05) is 7.11 Å². The molecular weight excluding hydrogens is 246 g/mol. The van der Waals surface area contributed by atoms with Crippen LogP contribution in [-0.2, 0) is 0 Å². The fraction of sp³-hybridized carbons (Fsp3) is 0.0769. The van der Waals surface area contributed by atoms with Crippen LogP contribution in [0.1, 0.15) is 0 Å². The third-order valence-electron chi connectivity index (χ3n) is 2.79. The molecule has 0 saturated carbocycles. The van der Waals surface area contributed by atoms with E-state index in [-0.39, 0.29) is 0 Å². The zero-order valence-electron chi connectivity index (χ0n) is 9.75. The van der Waals surface area contributed by atoms with Crippen LogP contribution in [0, 0.1) is 4.77 Å². The Balaban J connectivity index is 2.24. The Morgan fingerprint density at radius 3 is 2.72 bits per heavy atom. The molecule has 0 radical (unpaired) electrons. The number of aromatic amines is 1. The molecule has 0 bridgehead atoms. The Labute approximate surface area is 109 Å². The lowest BCUT2D eigenvalue weighted by Gasteiger charge is -2.05. The Kier molecular flexibility index (Phi) is 2.60. The Morgan fingerprint density at radius 2 is 2.00 bits per heavy atom. The number of rotatable bonds is 2. The molecule has 2 aromatic heterocycles. The highest BCUT2D eigenvalue weighted by Gasteiger charge is 2.06. The molecule has 1 aromatic carbocycles. The monoisotopic (exact) mass is 257 g/mol.